The molecule has 0 unspecified atom stereocenters. The number of nitrogens with one attached hydrogen (secondary N) is 1. The van der Waals surface area contributed by atoms with E-state index >= 15 is 0 Å². The molecular weight excluding hydrogens is 240 g/mol. The van der Waals surface area contributed by atoms with Crippen LogP contribution in [0.2, 0.25) is 0 Å². The predicted molar refractivity (Wildman–Crippen MR) is 72.8 cm³/mol. The van der Waals surface area contributed by atoms with Crippen molar-refractivity contribution >= 4 is 5.97 Å². The van der Waals surface area contributed by atoms with Crippen molar-refractivity contribution in [3.63, 3.8) is 0 Å². The zero-order chi connectivity index (χ0) is 13.8. The first-order valence-corrected chi connectivity index (χ1v) is 6.29. The molecule has 0 aliphatic carbocycles. The van der Waals surface area contributed by atoms with E-state index < -0.39 is 0 Å². The molecule has 100 valence electrons. The van der Waals surface area contributed by atoms with E-state index in [2.05, 4.69) is 29.9 Å². The van der Waals surface area contributed by atoms with E-state index in [-0.39, 0.29) is 11.9 Å². The number of nitrogens with zero attached hydrogens (tertiary/aromatic N) is 1. The number of H-pyrrole nitrogens is 1. The first kappa shape index (κ1) is 13.3. The maximum atomic E-state index is 10.9. The number of ether oxygens (including phenoxy) is 1. The normalized spacial score (nSPS) is 12.2. The molecule has 1 heterocycles. The van der Waals surface area contributed by atoms with Gasteiger partial charge in [-0.25, -0.2) is 4.98 Å². The molecule has 4 heteroatoms. The molecule has 1 N–H and O–H groups in total. The van der Waals surface area contributed by atoms with Crippen LogP contribution in [-0.2, 0) is 16.1 Å². The summed E-state index contributed by atoms with van der Waals surface area (Å²) in [5.74, 6) is -0.0220. The number of carbonyl (C=O) groups excluding carboxylic acids is 1. The Morgan fingerprint density at radius 3 is 2.89 bits per heavy atom. The summed E-state index contributed by atoms with van der Waals surface area (Å²) in [6.07, 6.45) is 3.52. The van der Waals surface area contributed by atoms with Crippen LogP contribution in [0.5, 0.6) is 0 Å². The summed E-state index contributed by atoms with van der Waals surface area (Å²) >= 11 is 0. The number of esters is 1. The molecule has 0 radical (unpaired) electrons. The summed E-state index contributed by atoms with van der Waals surface area (Å²) in [6, 6.07) is 6.08. The van der Waals surface area contributed by atoms with Crippen LogP contribution < -0.4 is 0 Å². The maximum Gasteiger partial charge on any atom is 0.302 e. The van der Waals surface area contributed by atoms with Crippen molar-refractivity contribution in [2.24, 2.45) is 0 Å². The highest BCUT2D eigenvalue weighted by atomic mass is 16.5. The Morgan fingerprint density at radius 2 is 2.26 bits per heavy atom. The zero-order valence-corrected chi connectivity index (χ0v) is 11.4. The quantitative estimate of drug-likeness (QED) is 0.858. The summed E-state index contributed by atoms with van der Waals surface area (Å²) in [5, 5.41) is 0. The van der Waals surface area contributed by atoms with E-state index in [1.165, 1.54) is 12.5 Å². The average Bonchev–Trinajstić information content (AvgIpc) is 2.90. The summed E-state index contributed by atoms with van der Waals surface area (Å²) in [5.41, 5.74) is 4.49. The van der Waals surface area contributed by atoms with E-state index in [0.717, 1.165) is 16.8 Å². The molecule has 2 rings (SSSR count). The Labute approximate surface area is 112 Å². The largest absolute Gasteiger partial charge is 0.461 e. The number of imidazole rings is 1. The fraction of sp³-hybridized carbons (Fsp3) is 0.333. The van der Waals surface area contributed by atoms with Crippen LogP contribution >= 0.6 is 0 Å². The number of rotatable bonds is 4. The highest BCUT2D eigenvalue weighted by Crippen LogP contribution is 2.27. The van der Waals surface area contributed by atoms with Gasteiger partial charge in [-0.1, -0.05) is 25.1 Å². The lowest BCUT2D eigenvalue weighted by Gasteiger charge is -2.16. The van der Waals surface area contributed by atoms with Crippen LogP contribution in [0.1, 0.15) is 42.1 Å². The molecular formula is C15H18N2O2. The van der Waals surface area contributed by atoms with Gasteiger partial charge in [-0.15, -0.1) is 0 Å². The zero-order valence-electron chi connectivity index (χ0n) is 11.4. The van der Waals surface area contributed by atoms with Crippen molar-refractivity contribution in [3.8, 4) is 0 Å². The molecule has 0 saturated carbocycles. The van der Waals surface area contributed by atoms with Gasteiger partial charge in [0.05, 0.1) is 6.33 Å². The smallest absolute Gasteiger partial charge is 0.302 e. The summed E-state index contributed by atoms with van der Waals surface area (Å²) in [4.78, 5) is 18.1. The fourth-order valence-corrected chi connectivity index (χ4v) is 2.18. The lowest BCUT2D eigenvalue weighted by Crippen LogP contribution is -2.05. The minimum atomic E-state index is -0.258. The third-order valence-electron chi connectivity index (χ3n) is 3.37. The van der Waals surface area contributed by atoms with Crippen molar-refractivity contribution in [1.29, 1.82) is 0 Å². The van der Waals surface area contributed by atoms with Gasteiger partial charge in [-0.2, -0.15) is 0 Å². The molecule has 0 amide bonds. The molecule has 19 heavy (non-hydrogen) atoms. The number of hydrogen-bond acceptors (Lipinski definition) is 3. The number of carbonyl (C=O) groups is 1. The van der Waals surface area contributed by atoms with Crippen molar-refractivity contribution in [3.05, 3.63) is 53.1 Å². The second-order valence-corrected chi connectivity index (χ2v) is 4.64. The first-order valence-electron chi connectivity index (χ1n) is 6.29. The summed E-state index contributed by atoms with van der Waals surface area (Å²) in [7, 11) is 0. The van der Waals surface area contributed by atoms with Gasteiger partial charge in [0, 0.05) is 24.7 Å². The number of aromatic nitrogens is 2. The Morgan fingerprint density at radius 1 is 1.47 bits per heavy atom. The monoisotopic (exact) mass is 258 g/mol. The SMILES string of the molecule is CC(=O)OCc1cccc([C@H](C)c2cnc[nH]2)c1C. The van der Waals surface area contributed by atoms with Gasteiger partial charge in [0.25, 0.3) is 0 Å². The fourth-order valence-electron chi connectivity index (χ4n) is 2.18. The van der Waals surface area contributed by atoms with Gasteiger partial charge in [0.2, 0.25) is 0 Å². The molecule has 0 spiro atoms. The molecule has 0 fully saturated rings. The van der Waals surface area contributed by atoms with Gasteiger partial charge in [0.15, 0.2) is 0 Å². The van der Waals surface area contributed by atoms with Crippen molar-refractivity contribution in [2.75, 3.05) is 0 Å². The number of aromatic amines is 1. The second-order valence-electron chi connectivity index (χ2n) is 4.64. The van der Waals surface area contributed by atoms with E-state index in [1.807, 2.05) is 18.3 Å². The average molecular weight is 258 g/mol. The van der Waals surface area contributed by atoms with Gasteiger partial charge < -0.3 is 9.72 Å². The second kappa shape index (κ2) is 5.69. The van der Waals surface area contributed by atoms with Gasteiger partial charge in [0.1, 0.15) is 6.61 Å². The summed E-state index contributed by atoms with van der Waals surface area (Å²) < 4.78 is 5.08. The van der Waals surface area contributed by atoms with E-state index in [9.17, 15) is 4.79 Å². The van der Waals surface area contributed by atoms with Crippen molar-refractivity contribution in [2.45, 2.75) is 33.3 Å². The topological polar surface area (TPSA) is 55.0 Å². The molecule has 0 saturated heterocycles. The Balaban J connectivity index is 2.26. The van der Waals surface area contributed by atoms with E-state index in [1.54, 1.807) is 6.33 Å². The molecule has 0 bridgehead atoms. The molecule has 1 atom stereocenters. The van der Waals surface area contributed by atoms with Crippen LogP contribution in [0, 0.1) is 6.92 Å². The standard InChI is InChI=1S/C15H18N2O2/c1-10-13(8-19-12(3)18)5-4-6-14(10)11(2)15-7-16-9-17-15/h4-7,9,11H,8H2,1-3H3,(H,16,17)/t11-/m0/s1. The Hall–Kier alpha value is -2.10. The maximum absolute atomic E-state index is 10.9. The highest BCUT2D eigenvalue weighted by Gasteiger charge is 2.14. The van der Waals surface area contributed by atoms with Gasteiger partial charge >= 0.3 is 5.97 Å². The first-order chi connectivity index (χ1) is 9.09. The number of hydrogen-bond donors (Lipinski definition) is 1. The van der Waals surface area contributed by atoms with Crippen molar-refractivity contribution in [1.82, 2.24) is 9.97 Å². The lowest BCUT2D eigenvalue weighted by atomic mass is 9.91. The number of benzene rings is 1. The minimum absolute atomic E-state index is 0.236. The van der Waals surface area contributed by atoms with E-state index in [4.69, 9.17) is 4.74 Å². The van der Waals surface area contributed by atoms with Crippen molar-refractivity contribution < 1.29 is 9.53 Å². The van der Waals surface area contributed by atoms with Gasteiger partial charge in [-0.05, 0) is 23.6 Å². The Kier molecular flexibility index (Phi) is 4.00. The van der Waals surface area contributed by atoms with Crippen LogP contribution in [0.3, 0.4) is 0 Å². The minimum Gasteiger partial charge on any atom is -0.461 e. The van der Waals surface area contributed by atoms with Crippen LogP contribution in [0.15, 0.2) is 30.7 Å². The van der Waals surface area contributed by atoms with E-state index in [0.29, 0.717) is 6.61 Å². The molecule has 0 aliphatic heterocycles. The lowest BCUT2D eigenvalue weighted by molar-refractivity contribution is -0.142. The molecule has 4 nitrogen and oxygen atoms in total. The van der Waals surface area contributed by atoms with Gasteiger partial charge in [-0.3, -0.25) is 4.79 Å². The predicted octanol–water partition coefficient (Wildman–Crippen LogP) is 2.93. The molecule has 0 aliphatic rings. The third kappa shape index (κ3) is 3.02. The molecule has 1 aromatic heterocycles. The Bertz CT molecular complexity index is 562. The van der Waals surface area contributed by atoms with Crippen LogP contribution in [0.25, 0.3) is 0 Å². The highest BCUT2D eigenvalue weighted by molar-refractivity contribution is 5.66. The molecule has 2 aromatic rings. The van der Waals surface area contributed by atoms with Crippen LogP contribution in [0.4, 0.5) is 0 Å². The third-order valence-corrected chi connectivity index (χ3v) is 3.37. The van der Waals surface area contributed by atoms with Crippen LogP contribution in [-0.4, -0.2) is 15.9 Å². The molecule has 1 aromatic carbocycles. The summed E-state index contributed by atoms with van der Waals surface area (Å²) in [6.45, 7) is 5.93.